The van der Waals surface area contributed by atoms with Crippen molar-refractivity contribution in [2.45, 2.75) is 25.8 Å². The van der Waals surface area contributed by atoms with Crippen molar-refractivity contribution < 1.29 is 9.53 Å². The van der Waals surface area contributed by atoms with Gasteiger partial charge in [-0.15, -0.1) is 0 Å². The summed E-state index contributed by atoms with van der Waals surface area (Å²) in [6.45, 7) is 2.82. The molecule has 0 fully saturated rings. The zero-order valence-electron chi connectivity index (χ0n) is 10.5. The topological polar surface area (TPSA) is 64.4 Å². The van der Waals surface area contributed by atoms with Crippen LogP contribution in [0.2, 0.25) is 5.02 Å². The van der Waals surface area contributed by atoms with E-state index in [2.05, 4.69) is 5.32 Å². The third-order valence-electron chi connectivity index (χ3n) is 2.40. The predicted octanol–water partition coefficient (Wildman–Crippen LogP) is 1.96. The van der Waals surface area contributed by atoms with Crippen LogP contribution in [-0.2, 0) is 4.79 Å². The van der Waals surface area contributed by atoms with Crippen molar-refractivity contribution in [1.29, 1.82) is 0 Å². The van der Waals surface area contributed by atoms with Crippen LogP contribution in [0.3, 0.4) is 0 Å². The van der Waals surface area contributed by atoms with Crippen LogP contribution in [0.15, 0.2) is 24.3 Å². The summed E-state index contributed by atoms with van der Waals surface area (Å²) in [7, 11) is 0. The maximum atomic E-state index is 11.5. The van der Waals surface area contributed by atoms with Gasteiger partial charge in [0.15, 0.2) is 0 Å². The minimum absolute atomic E-state index is 0.133. The Balaban J connectivity index is 2.21. The van der Waals surface area contributed by atoms with Crippen LogP contribution in [0.4, 0.5) is 0 Å². The Kier molecular flexibility index (Phi) is 6.54. The van der Waals surface area contributed by atoms with Gasteiger partial charge in [-0.1, -0.05) is 31.0 Å². The fourth-order valence-electron chi connectivity index (χ4n) is 1.47. The fraction of sp³-hybridized carbons (Fsp3) is 0.462. The molecule has 1 aromatic rings. The summed E-state index contributed by atoms with van der Waals surface area (Å²) >= 11 is 5.82. The Morgan fingerprint density at radius 1 is 1.56 bits per heavy atom. The molecule has 0 saturated heterocycles. The number of ether oxygens (including phenoxy) is 1. The Morgan fingerprint density at radius 2 is 2.33 bits per heavy atom. The van der Waals surface area contributed by atoms with Gasteiger partial charge in [0.05, 0.1) is 12.6 Å². The van der Waals surface area contributed by atoms with E-state index in [4.69, 9.17) is 22.1 Å². The van der Waals surface area contributed by atoms with Gasteiger partial charge in [-0.05, 0) is 24.6 Å². The molecule has 0 aliphatic heterocycles. The van der Waals surface area contributed by atoms with Gasteiger partial charge in [-0.25, -0.2) is 0 Å². The van der Waals surface area contributed by atoms with Gasteiger partial charge >= 0.3 is 0 Å². The molecule has 5 heteroatoms. The molecule has 1 atom stereocenters. The zero-order chi connectivity index (χ0) is 13.4. The molecule has 4 nitrogen and oxygen atoms in total. The van der Waals surface area contributed by atoms with Gasteiger partial charge in [0.25, 0.3) is 0 Å². The van der Waals surface area contributed by atoms with E-state index in [1.54, 1.807) is 12.1 Å². The number of nitrogens with two attached hydrogens (primary N) is 1. The smallest absolute Gasteiger partial charge is 0.237 e. The van der Waals surface area contributed by atoms with E-state index in [-0.39, 0.29) is 5.91 Å². The summed E-state index contributed by atoms with van der Waals surface area (Å²) in [5.41, 5.74) is 5.67. The number of amides is 1. The van der Waals surface area contributed by atoms with Crippen molar-refractivity contribution in [3.63, 3.8) is 0 Å². The van der Waals surface area contributed by atoms with Gasteiger partial charge in [-0.2, -0.15) is 0 Å². The molecule has 1 rings (SSSR count). The summed E-state index contributed by atoms with van der Waals surface area (Å²) in [5.74, 6) is 0.557. The molecule has 100 valence electrons. The summed E-state index contributed by atoms with van der Waals surface area (Å²) < 4.78 is 5.44. The maximum absolute atomic E-state index is 11.5. The first-order valence-corrected chi connectivity index (χ1v) is 6.43. The van der Waals surface area contributed by atoms with E-state index < -0.39 is 6.04 Å². The molecule has 1 aromatic carbocycles. The van der Waals surface area contributed by atoms with Crippen LogP contribution in [0.5, 0.6) is 5.75 Å². The number of carbonyl (C=O) groups excluding carboxylic acids is 1. The number of carbonyl (C=O) groups is 1. The van der Waals surface area contributed by atoms with Crippen LogP contribution < -0.4 is 15.8 Å². The van der Waals surface area contributed by atoms with E-state index in [0.29, 0.717) is 30.3 Å². The standard InChI is InChI=1S/C13H19ClN2O2/c1-2-4-12(15)13(17)16-7-8-18-11-6-3-5-10(14)9-11/h3,5-6,9,12H,2,4,7-8,15H2,1H3,(H,16,17). The molecule has 0 radical (unpaired) electrons. The van der Waals surface area contributed by atoms with Crippen molar-refractivity contribution >= 4 is 17.5 Å². The Hall–Kier alpha value is -1.26. The number of rotatable bonds is 7. The summed E-state index contributed by atoms with van der Waals surface area (Å²) in [5, 5.41) is 3.36. The molecular weight excluding hydrogens is 252 g/mol. The molecule has 1 unspecified atom stereocenters. The average molecular weight is 271 g/mol. The molecule has 18 heavy (non-hydrogen) atoms. The van der Waals surface area contributed by atoms with E-state index in [0.717, 1.165) is 6.42 Å². The Bertz CT molecular complexity index is 385. The molecule has 3 N–H and O–H groups in total. The summed E-state index contributed by atoms with van der Waals surface area (Å²) in [6, 6.07) is 6.71. The molecule has 0 aromatic heterocycles. The second-order valence-electron chi connectivity index (χ2n) is 3.99. The van der Waals surface area contributed by atoms with Gasteiger partial charge < -0.3 is 15.8 Å². The lowest BCUT2D eigenvalue weighted by atomic mass is 10.2. The molecule has 0 bridgehead atoms. The highest BCUT2D eigenvalue weighted by Crippen LogP contribution is 2.16. The Labute approximate surface area is 112 Å². The van der Waals surface area contributed by atoms with Crippen LogP contribution in [0, 0.1) is 0 Å². The molecule has 0 heterocycles. The second-order valence-corrected chi connectivity index (χ2v) is 4.43. The predicted molar refractivity (Wildman–Crippen MR) is 72.8 cm³/mol. The van der Waals surface area contributed by atoms with E-state index in [1.807, 2.05) is 19.1 Å². The molecular formula is C13H19ClN2O2. The highest BCUT2D eigenvalue weighted by molar-refractivity contribution is 6.30. The van der Waals surface area contributed by atoms with Gasteiger partial charge in [0, 0.05) is 5.02 Å². The minimum Gasteiger partial charge on any atom is -0.492 e. The van der Waals surface area contributed by atoms with Crippen LogP contribution in [0.25, 0.3) is 0 Å². The normalized spacial score (nSPS) is 11.9. The highest BCUT2D eigenvalue weighted by Gasteiger charge is 2.10. The number of halogens is 1. The van der Waals surface area contributed by atoms with Crippen molar-refractivity contribution in [1.82, 2.24) is 5.32 Å². The molecule has 0 aliphatic carbocycles. The monoisotopic (exact) mass is 270 g/mol. The van der Waals surface area contributed by atoms with Gasteiger partial charge in [-0.3, -0.25) is 4.79 Å². The number of hydrogen-bond donors (Lipinski definition) is 2. The zero-order valence-corrected chi connectivity index (χ0v) is 11.2. The lowest BCUT2D eigenvalue weighted by Crippen LogP contribution is -2.41. The van der Waals surface area contributed by atoms with Crippen molar-refractivity contribution in [2.75, 3.05) is 13.2 Å². The summed E-state index contributed by atoms with van der Waals surface area (Å²) in [6.07, 6.45) is 1.59. The fourth-order valence-corrected chi connectivity index (χ4v) is 1.65. The van der Waals surface area contributed by atoms with Crippen molar-refractivity contribution in [3.8, 4) is 5.75 Å². The SMILES string of the molecule is CCCC(N)C(=O)NCCOc1cccc(Cl)c1. The van der Waals surface area contributed by atoms with E-state index in [9.17, 15) is 4.79 Å². The average Bonchev–Trinajstić information content (AvgIpc) is 2.35. The first-order chi connectivity index (χ1) is 8.63. The van der Waals surface area contributed by atoms with E-state index in [1.165, 1.54) is 0 Å². The molecule has 0 spiro atoms. The largest absolute Gasteiger partial charge is 0.492 e. The first-order valence-electron chi connectivity index (χ1n) is 6.05. The van der Waals surface area contributed by atoms with Crippen LogP contribution in [-0.4, -0.2) is 25.1 Å². The van der Waals surface area contributed by atoms with Crippen molar-refractivity contribution in [2.24, 2.45) is 5.73 Å². The number of nitrogens with one attached hydrogen (secondary N) is 1. The van der Waals surface area contributed by atoms with Gasteiger partial charge in [0.1, 0.15) is 12.4 Å². The quantitative estimate of drug-likeness (QED) is 0.745. The van der Waals surface area contributed by atoms with Crippen molar-refractivity contribution in [3.05, 3.63) is 29.3 Å². The second kappa shape index (κ2) is 7.95. The Morgan fingerprint density at radius 3 is 3.00 bits per heavy atom. The third kappa shape index (κ3) is 5.38. The lowest BCUT2D eigenvalue weighted by Gasteiger charge is -2.11. The maximum Gasteiger partial charge on any atom is 0.237 e. The van der Waals surface area contributed by atoms with Gasteiger partial charge in [0.2, 0.25) is 5.91 Å². The molecule has 0 saturated carbocycles. The molecule has 1 amide bonds. The van der Waals surface area contributed by atoms with Crippen LogP contribution >= 0.6 is 11.6 Å². The highest BCUT2D eigenvalue weighted by atomic mass is 35.5. The summed E-state index contributed by atoms with van der Waals surface area (Å²) in [4.78, 5) is 11.5. The molecule has 0 aliphatic rings. The third-order valence-corrected chi connectivity index (χ3v) is 2.64. The lowest BCUT2D eigenvalue weighted by molar-refractivity contribution is -0.122. The minimum atomic E-state index is -0.429. The number of benzene rings is 1. The first kappa shape index (κ1) is 14.8. The van der Waals surface area contributed by atoms with E-state index >= 15 is 0 Å². The number of hydrogen-bond acceptors (Lipinski definition) is 3. The van der Waals surface area contributed by atoms with Crippen LogP contribution in [0.1, 0.15) is 19.8 Å².